The zero-order chi connectivity index (χ0) is 13.1. The number of carboxylic acids is 1. The first kappa shape index (κ1) is 13.1. The van der Waals surface area contributed by atoms with E-state index in [0.717, 1.165) is 17.3 Å². The summed E-state index contributed by atoms with van der Waals surface area (Å²) >= 11 is 3.32. The highest BCUT2D eigenvalue weighted by Crippen LogP contribution is 2.23. The van der Waals surface area contributed by atoms with E-state index in [9.17, 15) is 9.59 Å². The Hall–Kier alpha value is -1.36. The molecule has 1 fully saturated rings. The van der Waals surface area contributed by atoms with Gasteiger partial charge in [-0.05, 0) is 37.1 Å². The quantitative estimate of drug-likeness (QED) is 0.933. The lowest BCUT2D eigenvalue weighted by molar-refractivity contribution is -0.137. The molecule has 0 bridgehead atoms. The fraction of sp³-hybridized carbons (Fsp3) is 0.385. The number of amides is 1. The van der Waals surface area contributed by atoms with Gasteiger partial charge in [-0.15, -0.1) is 0 Å². The zero-order valence-corrected chi connectivity index (χ0v) is 11.4. The molecule has 1 aliphatic rings. The number of benzene rings is 1. The van der Waals surface area contributed by atoms with Gasteiger partial charge in [0.15, 0.2) is 0 Å². The second kappa shape index (κ2) is 5.52. The minimum atomic E-state index is -0.851. The molecule has 96 valence electrons. The highest BCUT2D eigenvalue weighted by Gasteiger charge is 2.30. The molecular weight excluding hydrogens is 298 g/mol. The van der Waals surface area contributed by atoms with E-state index in [1.165, 1.54) is 0 Å². The number of hydrogen-bond donors (Lipinski definition) is 1. The number of hydrogen-bond acceptors (Lipinski definition) is 2. The average Bonchev–Trinajstić information content (AvgIpc) is 2.76. The van der Waals surface area contributed by atoms with E-state index in [1.54, 1.807) is 17.0 Å². The number of carboxylic acid groups (broad SMARTS) is 1. The number of likely N-dealkylation sites (tertiary alicyclic amines) is 1. The lowest BCUT2D eigenvalue weighted by Gasteiger charge is -2.23. The zero-order valence-electron chi connectivity index (χ0n) is 9.80. The molecule has 1 saturated heterocycles. The Balaban J connectivity index is 2.12. The second-order valence-corrected chi connectivity index (χ2v) is 5.32. The molecule has 0 aliphatic carbocycles. The molecule has 1 aromatic rings. The van der Waals surface area contributed by atoms with Gasteiger partial charge in [-0.25, -0.2) is 0 Å². The van der Waals surface area contributed by atoms with Crippen LogP contribution in [0.3, 0.4) is 0 Å². The van der Waals surface area contributed by atoms with Crippen LogP contribution in [-0.4, -0.2) is 34.5 Å². The van der Waals surface area contributed by atoms with E-state index in [4.69, 9.17) is 5.11 Å². The molecule has 1 aromatic carbocycles. The minimum Gasteiger partial charge on any atom is -0.481 e. The Labute approximate surface area is 114 Å². The van der Waals surface area contributed by atoms with E-state index in [-0.39, 0.29) is 18.4 Å². The van der Waals surface area contributed by atoms with E-state index < -0.39 is 5.97 Å². The van der Waals surface area contributed by atoms with Crippen LogP contribution in [0, 0.1) is 0 Å². The van der Waals surface area contributed by atoms with Crippen LogP contribution in [0.1, 0.15) is 29.6 Å². The Morgan fingerprint density at radius 2 is 2.00 bits per heavy atom. The predicted molar refractivity (Wildman–Crippen MR) is 70.5 cm³/mol. The van der Waals surface area contributed by atoms with Gasteiger partial charge in [0.25, 0.3) is 5.91 Å². The van der Waals surface area contributed by atoms with E-state index in [2.05, 4.69) is 15.9 Å². The van der Waals surface area contributed by atoms with Crippen LogP contribution in [0.15, 0.2) is 28.7 Å². The van der Waals surface area contributed by atoms with Gasteiger partial charge in [0.05, 0.1) is 6.42 Å². The number of carbonyl (C=O) groups excluding carboxylic acids is 1. The van der Waals surface area contributed by atoms with Crippen LogP contribution >= 0.6 is 15.9 Å². The van der Waals surface area contributed by atoms with Gasteiger partial charge in [-0.1, -0.05) is 15.9 Å². The normalized spacial score (nSPS) is 18.9. The lowest BCUT2D eigenvalue weighted by atomic mass is 10.1. The maximum atomic E-state index is 12.3. The number of rotatable bonds is 3. The standard InChI is InChI=1S/C13H14BrNO3/c14-10-5-3-9(4-6-10)13(18)15-7-1-2-11(15)8-12(16)17/h3-6,11H,1-2,7-8H2,(H,16,17). The maximum absolute atomic E-state index is 12.3. The summed E-state index contributed by atoms with van der Waals surface area (Å²) < 4.78 is 0.919. The molecule has 0 aromatic heterocycles. The SMILES string of the molecule is O=C(O)CC1CCCN1C(=O)c1ccc(Br)cc1. The second-order valence-electron chi connectivity index (χ2n) is 4.40. The van der Waals surface area contributed by atoms with E-state index in [1.807, 2.05) is 12.1 Å². The van der Waals surface area contributed by atoms with Crippen LogP contribution in [0.2, 0.25) is 0 Å². The lowest BCUT2D eigenvalue weighted by Crippen LogP contribution is -2.36. The Kier molecular flexibility index (Phi) is 4.01. The molecular formula is C13H14BrNO3. The van der Waals surface area contributed by atoms with Crippen LogP contribution in [0.25, 0.3) is 0 Å². The van der Waals surface area contributed by atoms with Gasteiger partial charge in [0.1, 0.15) is 0 Å². The first-order chi connectivity index (χ1) is 8.58. The third-order valence-electron chi connectivity index (χ3n) is 3.14. The van der Waals surface area contributed by atoms with Crippen molar-refractivity contribution in [2.45, 2.75) is 25.3 Å². The molecule has 1 amide bonds. The van der Waals surface area contributed by atoms with Crippen molar-refractivity contribution < 1.29 is 14.7 Å². The fourth-order valence-corrected chi connectivity index (χ4v) is 2.54. The molecule has 0 radical (unpaired) electrons. The van der Waals surface area contributed by atoms with E-state index in [0.29, 0.717) is 12.1 Å². The Morgan fingerprint density at radius 3 is 2.61 bits per heavy atom. The van der Waals surface area contributed by atoms with Crippen molar-refractivity contribution in [2.75, 3.05) is 6.54 Å². The molecule has 1 atom stereocenters. The van der Waals surface area contributed by atoms with Gasteiger partial charge in [0, 0.05) is 22.6 Å². The molecule has 1 heterocycles. The third kappa shape index (κ3) is 2.90. The fourth-order valence-electron chi connectivity index (χ4n) is 2.28. The molecule has 18 heavy (non-hydrogen) atoms. The molecule has 1 N–H and O–H groups in total. The Morgan fingerprint density at radius 1 is 1.33 bits per heavy atom. The van der Waals surface area contributed by atoms with Crippen LogP contribution in [-0.2, 0) is 4.79 Å². The monoisotopic (exact) mass is 311 g/mol. The van der Waals surface area contributed by atoms with Gasteiger partial charge in [-0.3, -0.25) is 9.59 Å². The summed E-state index contributed by atoms with van der Waals surface area (Å²) in [5.41, 5.74) is 0.607. The number of nitrogens with zero attached hydrogens (tertiary/aromatic N) is 1. The van der Waals surface area contributed by atoms with Crippen molar-refractivity contribution in [1.29, 1.82) is 0 Å². The predicted octanol–water partition coefficient (Wildman–Crippen LogP) is 2.53. The van der Waals surface area contributed by atoms with Crippen molar-refractivity contribution in [3.63, 3.8) is 0 Å². The largest absolute Gasteiger partial charge is 0.481 e. The highest BCUT2D eigenvalue weighted by molar-refractivity contribution is 9.10. The Bertz CT molecular complexity index is 458. The third-order valence-corrected chi connectivity index (χ3v) is 3.67. The van der Waals surface area contributed by atoms with Crippen molar-refractivity contribution in [2.24, 2.45) is 0 Å². The van der Waals surface area contributed by atoms with Gasteiger partial charge >= 0.3 is 5.97 Å². The van der Waals surface area contributed by atoms with Gasteiger partial charge < -0.3 is 10.0 Å². The smallest absolute Gasteiger partial charge is 0.305 e. The van der Waals surface area contributed by atoms with Gasteiger partial charge in [0.2, 0.25) is 0 Å². The van der Waals surface area contributed by atoms with Crippen molar-refractivity contribution in [1.82, 2.24) is 4.90 Å². The summed E-state index contributed by atoms with van der Waals surface area (Å²) in [5, 5.41) is 8.84. The molecule has 0 spiro atoms. The summed E-state index contributed by atoms with van der Waals surface area (Å²) in [7, 11) is 0. The van der Waals surface area contributed by atoms with Crippen LogP contribution in [0.5, 0.6) is 0 Å². The summed E-state index contributed by atoms with van der Waals surface area (Å²) in [5.74, 6) is -0.929. The average molecular weight is 312 g/mol. The maximum Gasteiger partial charge on any atom is 0.305 e. The number of carbonyl (C=O) groups is 2. The first-order valence-electron chi connectivity index (χ1n) is 5.86. The van der Waals surface area contributed by atoms with Crippen molar-refractivity contribution >= 4 is 27.8 Å². The molecule has 5 heteroatoms. The molecule has 1 unspecified atom stereocenters. The van der Waals surface area contributed by atoms with Gasteiger partial charge in [-0.2, -0.15) is 0 Å². The van der Waals surface area contributed by atoms with E-state index >= 15 is 0 Å². The van der Waals surface area contributed by atoms with Crippen LogP contribution in [0.4, 0.5) is 0 Å². The summed E-state index contributed by atoms with van der Waals surface area (Å²) in [6.07, 6.45) is 1.68. The molecule has 4 nitrogen and oxygen atoms in total. The summed E-state index contributed by atoms with van der Waals surface area (Å²) in [6, 6.07) is 6.97. The number of halogens is 1. The summed E-state index contributed by atoms with van der Waals surface area (Å²) in [4.78, 5) is 24.7. The number of aliphatic carboxylic acids is 1. The summed E-state index contributed by atoms with van der Waals surface area (Å²) in [6.45, 7) is 0.646. The molecule has 1 aliphatic heterocycles. The topological polar surface area (TPSA) is 57.6 Å². The highest BCUT2D eigenvalue weighted by atomic mass is 79.9. The van der Waals surface area contributed by atoms with Crippen molar-refractivity contribution in [3.05, 3.63) is 34.3 Å². The molecule has 2 rings (SSSR count). The molecule has 0 saturated carbocycles. The minimum absolute atomic E-state index is 0.0300. The first-order valence-corrected chi connectivity index (χ1v) is 6.65. The van der Waals surface area contributed by atoms with Crippen LogP contribution < -0.4 is 0 Å². The van der Waals surface area contributed by atoms with Crippen molar-refractivity contribution in [3.8, 4) is 0 Å².